The van der Waals surface area contributed by atoms with E-state index in [0.717, 1.165) is 5.56 Å². The van der Waals surface area contributed by atoms with Gasteiger partial charge in [-0.15, -0.1) is 0 Å². The van der Waals surface area contributed by atoms with Crippen molar-refractivity contribution in [2.75, 3.05) is 25.0 Å². The van der Waals surface area contributed by atoms with Gasteiger partial charge in [-0.3, -0.25) is 0 Å². The van der Waals surface area contributed by atoms with Gasteiger partial charge in [0.15, 0.2) is 0 Å². The molecule has 0 aliphatic heterocycles. The molecule has 0 heterocycles. The number of anilines is 1. The third kappa shape index (κ3) is 4.18. The summed E-state index contributed by atoms with van der Waals surface area (Å²) in [7, 11) is 1.85. The molecule has 1 rings (SSSR count). The molecule has 0 bridgehead atoms. The number of hydrogen-bond donors (Lipinski definition) is 2. The zero-order valence-corrected chi connectivity index (χ0v) is 12.5. The minimum absolute atomic E-state index is 0.0570. The maximum Gasteiger partial charge on any atom is 0.146 e. The number of likely N-dealkylation sites (N-methyl/N-ethyl adjacent to an activating group) is 1. The van der Waals surface area contributed by atoms with Gasteiger partial charge in [-0.1, -0.05) is 12.1 Å². The number of nitrogens with one attached hydrogen (secondary N) is 1. The molecule has 1 unspecified atom stereocenters. The van der Waals surface area contributed by atoms with E-state index in [-0.39, 0.29) is 11.9 Å². The third-order valence-corrected chi connectivity index (χ3v) is 3.19. The molecule has 0 amide bonds. The number of nitrogens with zero attached hydrogens (tertiary/aromatic N) is 1. The Morgan fingerprint density at radius 2 is 2.05 bits per heavy atom. The maximum absolute atomic E-state index is 14.2. The minimum atomic E-state index is -0.863. The quantitative estimate of drug-likeness (QED) is 0.832. The van der Waals surface area contributed by atoms with Gasteiger partial charge in [0, 0.05) is 19.1 Å². The number of hydrogen-bond acceptors (Lipinski definition) is 3. The molecule has 4 heteroatoms. The molecule has 0 aromatic heterocycles. The summed E-state index contributed by atoms with van der Waals surface area (Å²) in [6, 6.07) is 5.17. The molecule has 1 atom stereocenters. The SMILES string of the molecule is CCN(CC(C)(C)O)c1c(F)cccc1C(C)NC. The van der Waals surface area contributed by atoms with Gasteiger partial charge >= 0.3 is 0 Å². The van der Waals surface area contributed by atoms with E-state index in [1.54, 1.807) is 19.9 Å². The van der Waals surface area contributed by atoms with Crippen molar-refractivity contribution in [2.24, 2.45) is 0 Å². The maximum atomic E-state index is 14.2. The molecule has 1 aromatic rings. The van der Waals surface area contributed by atoms with Crippen molar-refractivity contribution < 1.29 is 9.50 Å². The van der Waals surface area contributed by atoms with Gasteiger partial charge in [0.2, 0.25) is 0 Å². The van der Waals surface area contributed by atoms with Crippen LogP contribution >= 0.6 is 0 Å². The lowest BCUT2D eigenvalue weighted by Gasteiger charge is -2.32. The van der Waals surface area contributed by atoms with Gasteiger partial charge < -0.3 is 15.3 Å². The van der Waals surface area contributed by atoms with E-state index in [9.17, 15) is 9.50 Å². The highest BCUT2D eigenvalue weighted by Crippen LogP contribution is 2.30. The molecular formula is C15H25FN2O. The fourth-order valence-corrected chi connectivity index (χ4v) is 2.19. The van der Waals surface area contributed by atoms with Gasteiger partial charge in [-0.2, -0.15) is 0 Å². The molecule has 0 spiro atoms. The molecule has 0 aliphatic carbocycles. The van der Waals surface area contributed by atoms with E-state index in [4.69, 9.17) is 0 Å². The van der Waals surface area contributed by atoms with Crippen LogP contribution in [0.2, 0.25) is 0 Å². The molecule has 19 heavy (non-hydrogen) atoms. The summed E-state index contributed by atoms with van der Waals surface area (Å²) in [4.78, 5) is 1.89. The van der Waals surface area contributed by atoms with Crippen LogP contribution in [0.25, 0.3) is 0 Å². The van der Waals surface area contributed by atoms with Crippen LogP contribution in [0.5, 0.6) is 0 Å². The van der Waals surface area contributed by atoms with Crippen LogP contribution in [0, 0.1) is 5.82 Å². The van der Waals surface area contributed by atoms with E-state index in [1.807, 2.05) is 31.9 Å². The summed E-state index contributed by atoms with van der Waals surface area (Å²) in [5.41, 5.74) is 0.626. The molecule has 0 radical (unpaired) electrons. The number of halogens is 1. The highest BCUT2D eigenvalue weighted by Gasteiger charge is 2.23. The van der Waals surface area contributed by atoms with Crippen molar-refractivity contribution in [3.05, 3.63) is 29.6 Å². The van der Waals surface area contributed by atoms with E-state index >= 15 is 0 Å². The first kappa shape index (κ1) is 15.9. The average molecular weight is 268 g/mol. The molecule has 108 valence electrons. The van der Waals surface area contributed by atoms with Crippen LogP contribution in [0.4, 0.5) is 10.1 Å². The smallest absolute Gasteiger partial charge is 0.146 e. The Hall–Kier alpha value is -1.13. The van der Waals surface area contributed by atoms with Crippen molar-refractivity contribution in [3.8, 4) is 0 Å². The Bertz CT molecular complexity index is 415. The summed E-state index contributed by atoms with van der Waals surface area (Å²) in [5.74, 6) is -0.245. The molecule has 3 nitrogen and oxygen atoms in total. The van der Waals surface area contributed by atoms with Crippen molar-refractivity contribution in [3.63, 3.8) is 0 Å². The summed E-state index contributed by atoms with van der Waals surface area (Å²) in [6.07, 6.45) is 0. The third-order valence-electron chi connectivity index (χ3n) is 3.19. The summed E-state index contributed by atoms with van der Waals surface area (Å²) in [5, 5.41) is 13.1. The largest absolute Gasteiger partial charge is 0.389 e. The molecular weight excluding hydrogens is 243 g/mol. The van der Waals surface area contributed by atoms with Crippen molar-refractivity contribution in [1.82, 2.24) is 5.32 Å². The zero-order valence-electron chi connectivity index (χ0n) is 12.5. The van der Waals surface area contributed by atoms with Crippen LogP contribution in [0.3, 0.4) is 0 Å². The lowest BCUT2D eigenvalue weighted by atomic mass is 10.0. The normalized spacial score (nSPS) is 13.4. The summed E-state index contributed by atoms with van der Waals surface area (Å²) in [6.45, 7) is 8.47. The topological polar surface area (TPSA) is 35.5 Å². The van der Waals surface area contributed by atoms with E-state index < -0.39 is 5.60 Å². The van der Waals surface area contributed by atoms with Crippen LogP contribution in [-0.2, 0) is 0 Å². The van der Waals surface area contributed by atoms with Gasteiger partial charge in [-0.25, -0.2) is 4.39 Å². The first-order chi connectivity index (χ1) is 8.80. The van der Waals surface area contributed by atoms with Crippen LogP contribution in [-0.4, -0.2) is 30.8 Å². The average Bonchev–Trinajstić information content (AvgIpc) is 2.34. The van der Waals surface area contributed by atoms with E-state index in [1.165, 1.54) is 6.07 Å². The fraction of sp³-hybridized carbons (Fsp3) is 0.600. The van der Waals surface area contributed by atoms with Crippen LogP contribution in [0.1, 0.15) is 39.3 Å². The van der Waals surface area contributed by atoms with Crippen molar-refractivity contribution in [2.45, 2.75) is 39.3 Å². The molecule has 0 saturated heterocycles. The van der Waals surface area contributed by atoms with Crippen molar-refractivity contribution in [1.29, 1.82) is 0 Å². The monoisotopic (exact) mass is 268 g/mol. The lowest BCUT2D eigenvalue weighted by Crippen LogP contribution is -2.39. The van der Waals surface area contributed by atoms with Gasteiger partial charge in [0.05, 0.1) is 11.3 Å². The predicted molar refractivity (Wildman–Crippen MR) is 78.1 cm³/mol. The van der Waals surface area contributed by atoms with E-state index in [2.05, 4.69) is 5.32 Å². The Balaban J connectivity index is 3.22. The van der Waals surface area contributed by atoms with Crippen molar-refractivity contribution >= 4 is 5.69 Å². The Kier molecular flexibility index (Phi) is 5.32. The second-order valence-corrected chi connectivity index (χ2v) is 5.51. The number of aliphatic hydroxyl groups is 1. The Morgan fingerprint density at radius 3 is 2.53 bits per heavy atom. The predicted octanol–water partition coefficient (Wildman–Crippen LogP) is 2.70. The molecule has 2 N–H and O–H groups in total. The molecule has 0 fully saturated rings. The number of rotatable bonds is 6. The van der Waals surface area contributed by atoms with Crippen LogP contribution < -0.4 is 10.2 Å². The van der Waals surface area contributed by atoms with Gasteiger partial charge in [0.1, 0.15) is 5.82 Å². The van der Waals surface area contributed by atoms with Gasteiger partial charge in [-0.05, 0) is 46.4 Å². The van der Waals surface area contributed by atoms with E-state index in [0.29, 0.717) is 18.8 Å². The Labute approximate surface area is 115 Å². The second kappa shape index (κ2) is 6.35. The zero-order chi connectivity index (χ0) is 14.6. The highest BCUT2D eigenvalue weighted by molar-refractivity contribution is 5.56. The molecule has 1 aromatic carbocycles. The Morgan fingerprint density at radius 1 is 1.42 bits per heavy atom. The van der Waals surface area contributed by atoms with Crippen LogP contribution in [0.15, 0.2) is 18.2 Å². The lowest BCUT2D eigenvalue weighted by molar-refractivity contribution is 0.0874. The van der Waals surface area contributed by atoms with Gasteiger partial charge in [0.25, 0.3) is 0 Å². The fourth-order valence-electron chi connectivity index (χ4n) is 2.19. The number of para-hydroxylation sites is 1. The second-order valence-electron chi connectivity index (χ2n) is 5.51. The summed E-state index contributed by atoms with van der Waals surface area (Å²) < 4.78 is 14.2. The molecule has 0 saturated carbocycles. The standard InChI is InChI=1S/C15H25FN2O/c1-6-18(10-15(3,4)19)14-12(11(2)17-5)8-7-9-13(14)16/h7-9,11,17,19H,6,10H2,1-5H3. The first-order valence-electron chi connectivity index (χ1n) is 6.73. The minimum Gasteiger partial charge on any atom is -0.389 e. The molecule has 0 aliphatic rings. The highest BCUT2D eigenvalue weighted by atomic mass is 19.1. The number of benzene rings is 1. The summed E-state index contributed by atoms with van der Waals surface area (Å²) >= 11 is 0. The first-order valence-corrected chi connectivity index (χ1v) is 6.73.